The zero-order valence-corrected chi connectivity index (χ0v) is 13.4. The average molecular weight is 280 g/mol. The summed E-state index contributed by atoms with van der Waals surface area (Å²) in [6.07, 6.45) is 11.2. The second kappa shape index (κ2) is 5.94. The first-order valence-electron chi connectivity index (χ1n) is 8.78. The summed E-state index contributed by atoms with van der Waals surface area (Å²) in [7, 11) is 0. The van der Waals surface area contributed by atoms with Crippen molar-refractivity contribution in [2.75, 3.05) is 26.2 Å². The van der Waals surface area contributed by atoms with Gasteiger partial charge < -0.3 is 10.1 Å². The first kappa shape index (κ1) is 14.8. The topological polar surface area (TPSA) is 24.5 Å². The maximum atomic E-state index is 5.93. The minimum absolute atomic E-state index is 0.293. The van der Waals surface area contributed by atoms with Gasteiger partial charge in [0.1, 0.15) is 0 Å². The lowest BCUT2D eigenvalue weighted by atomic mass is 9.76. The summed E-state index contributed by atoms with van der Waals surface area (Å²) in [5.74, 6) is 0. The molecule has 20 heavy (non-hydrogen) atoms. The van der Waals surface area contributed by atoms with Crippen LogP contribution >= 0.6 is 0 Å². The predicted molar refractivity (Wildman–Crippen MR) is 83.1 cm³/mol. The van der Waals surface area contributed by atoms with Gasteiger partial charge in [-0.15, -0.1) is 0 Å². The van der Waals surface area contributed by atoms with E-state index in [-0.39, 0.29) is 0 Å². The summed E-state index contributed by atoms with van der Waals surface area (Å²) in [4.78, 5) is 2.82. The van der Waals surface area contributed by atoms with E-state index in [9.17, 15) is 0 Å². The second-order valence-corrected chi connectivity index (χ2v) is 7.57. The van der Waals surface area contributed by atoms with E-state index in [2.05, 4.69) is 24.1 Å². The quantitative estimate of drug-likeness (QED) is 0.860. The molecule has 2 saturated heterocycles. The maximum absolute atomic E-state index is 5.93. The zero-order valence-electron chi connectivity index (χ0n) is 13.4. The molecule has 116 valence electrons. The molecule has 0 bridgehead atoms. The van der Waals surface area contributed by atoms with Gasteiger partial charge in [-0.25, -0.2) is 0 Å². The third-order valence-corrected chi connectivity index (χ3v) is 6.07. The summed E-state index contributed by atoms with van der Waals surface area (Å²) >= 11 is 0. The molecule has 0 radical (unpaired) electrons. The first-order chi connectivity index (χ1) is 9.66. The van der Waals surface area contributed by atoms with Crippen LogP contribution in [-0.2, 0) is 4.74 Å². The van der Waals surface area contributed by atoms with Gasteiger partial charge in [0.05, 0.1) is 6.10 Å². The summed E-state index contributed by atoms with van der Waals surface area (Å²) in [6.45, 7) is 9.24. The van der Waals surface area contributed by atoms with Crippen molar-refractivity contribution in [3.05, 3.63) is 0 Å². The average Bonchev–Trinajstić information content (AvgIpc) is 2.98. The van der Waals surface area contributed by atoms with Gasteiger partial charge in [-0.3, -0.25) is 4.90 Å². The smallest absolute Gasteiger partial charge is 0.0703 e. The highest BCUT2D eigenvalue weighted by Crippen LogP contribution is 2.38. The van der Waals surface area contributed by atoms with Gasteiger partial charge in [0, 0.05) is 37.3 Å². The number of piperazine rings is 1. The van der Waals surface area contributed by atoms with Crippen molar-refractivity contribution >= 4 is 0 Å². The minimum atomic E-state index is 0.293. The van der Waals surface area contributed by atoms with E-state index in [1.807, 2.05) is 0 Å². The largest absolute Gasteiger partial charge is 0.377 e. The molecule has 3 fully saturated rings. The van der Waals surface area contributed by atoms with E-state index in [0.29, 0.717) is 17.2 Å². The van der Waals surface area contributed by atoms with Crippen LogP contribution in [0.1, 0.15) is 65.2 Å². The molecule has 2 unspecified atom stereocenters. The molecule has 0 amide bonds. The molecular formula is C17H32N2O. The van der Waals surface area contributed by atoms with Crippen molar-refractivity contribution in [2.45, 2.75) is 82.4 Å². The van der Waals surface area contributed by atoms with Gasteiger partial charge in [-0.1, -0.05) is 26.2 Å². The third kappa shape index (κ3) is 2.90. The Morgan fingerprint density at radius 2 is 2.00 bits per heavy atom. The molecule has 1 N–H and O–H groups in total. The Balaban J connectivity index is 1.73. The molecule has 1 spiro atoms. The highest BCUT2D eigenvalue weighted by atomic mass is 16.5. The molecule has 0 aromatic heterocycles. The number of nitrogens with zero attached hydrogens (tertiary/aromatic N) is 1. The fourth-order valence-corrected chi connectivity index (χ4v) is 4.37. The van der Waals surface area contributed by atoms with Crippen molar-refractivity contribution in [3.63, 3.8) is 0 Å². The highest BCUT2D eigenvalue weighted by Gasteiger charge is 2.46. The van der Waals surface area contributed by atoms with Crippen LogP contribution in [0.25, 0.3) is 0 Å². The van der Waals surface area contributed by atoms with Crippen LogP contribution in [0, 0.1) is 0 Å². The highest BCUT2D eigenvalue weighted by molar-refractivity contribution is 5.05. The number of rotatable bonds is 3. The fourth-order valence-electron chi connectivity index (χ4n) is 4.37. The zero-order chi connectivity index (χ0) is 14.1. The van der Waals surface area contributed by atoms with E-state index in [4.69, 9.17) is 4.74 Å². The lowest BCUT2D eigenvalue weighted by molar-refractivity contribution is -0.0445. The van der Waals surface area contributed by atoms with Crippen LogP contribution in [0.4, 0.5) is 0 Å². The Bertz CT molecular complexity index is 321. The van der Waals surface area contributed by atoms with Crippen molar-refractivity contribution in [3.8, 4) is 0 Å². The van der Waals surface area contributed by atoms with Gasteiger partial charge in [-0.2, -0.15) is 0 Å². The van der Waals surface area contributed by atoms with Gasteiger partial charge in [0.2, 0.25) is 0 Å². The van der Waals surface area contributed by atoms with Gasteiger partial charge in [0.15, 0.2) is 0 Å². The second-order valence-electron chi connectivity index (χ2n) is 7.57. The number of hydrogen-bond donors (Lipinski definition) is 1. The van der Waals surface area contributed by atoms with E-state index >= 15 is 0 Å². The Labute approximate surface area is 124 Å². The summed E-state index contributed by atoms with van der Waals surface area (Å²) in [5, 5.41) is 3.88. The molecular weight excluding hydrogens is 248 g/mol. The molecule has 3 rings (SSSR count). The van der Waals surface area contributed by atoms with E-state index in [0.717, 1.165) is 13.2 Å². The molecule has 3 nitrogen and oxygen atoms in total. The first-order valence-corrected chi connectivity index (χ1v) is 8.78. The monoisotopic (exact) mass is 280 g/mol. The molecule has 3 aliphatic rings. The van der Waals surface area contributed by atoms with Gasteiger partial charge in [-0.05, 0) is 39.0 Å². The Morgan fingerprint density at radius 3 is 2.65 bits per heavy atom. The van der Waals surface area contributed by atoms with Crippen LogP contribution in [0.5, 0.6) is 0 Å². The molecule has 0 aromatic rings. The van der Waals surface area contributed by atoms with Crippen LogP contribution in [-0.4, -0.2) is 48.3 Å². The lowest BCUT2D eigenvalue weighted by Crippen LogP contribution is -2.70. The van der Waals surface area contributed by atoms with Crippen LogP contribution < -0.4 is 5.32 Å². The molecule has 0 aromatic carbocycles. The lowest BCUT2D eigenvalue weighted by Gasteiger charge is -2.56. The summed E-state index contributed by atoms with van der Waals surface area (Å²) in [6, 6.07) is 0. The molecule has 2 heterocycles. The van der Waals surface area contributed by atoms with Gasteiger partial charge in [0.25, 0.3) is 0 Å². The normalized spacial score (nSPS) is 38.4. The number of hydrogen-bond acceptors (Lipinski definition) is 3. The van der Waals surface area contributed by atoms with E-state index < -0.39 is 0 Å². The molecule has 2 aliphatic heterocycles. The molecule has 1 saturated carbocycles. The van der Waals surface area contributed by atoms with Crippen molar-refractivity contribution < 1.29 is 4.74 Å². The van der Waals surface area contributed by atoms with Crippen molar-refractivity contribution in [1.82, 2.24) is 10.2 Å². The van der Waals surface area contributed by atoms with Crippen molar-refractivity contribution in [1.29, 1.82) is 0 Å². The number of nitrogens with one attached hydrogen (secondary N) is 1. The molecule has 1 aliphatic carbocycles. The Hall–Kier alpha value is -0.120. The predicted octanol–water partition coefficient (Wildman–Crippen LogP) is 2.94. The summed E-state index contributed by atoms with van der Waals surface area (Å²) < 4.78 is 5.93. The maximum Gasteiger partial charge on any atom is 0.0703 e. The van der Waals surface area contributed by atoms with E-state index in [1.165, 1.54) is 64.5 Å². The SMILES string of the molecule is CCC1(C)CN(CC2CCCO2)C2(CCCCC2)CN1. The Kier molecular flexibility index (Phi) is 4.40. The third-order valence-electron chi connectivity index (χ3n) is 6.07. The fraction of sp³-hybridized carbons (Fsp3) is 1.00. The standard InChI is InChI=1S/C17H32N2O/c1-3-16(2)14-19(12-15-8-7-11-20-15)17(13-18-16)9-5-4-6-10-17/h15,18H,3-14H2,1-2H3. The number of ether oxygens (including phenoxy) is 1. The molecule has 3 heteroatoms. The molecule has 2 atom stereocenters. The van der Waals surface area contributed by atoms with Gasteiger partial charge >= 0.3 is 0 Å². The summed E-state index contributed by atoms with van der Waals surface area (Å²) in [5.41, 5.74) is 0.722. The Morgan fingerprint density at radius 1 is 1.20 bits per heavy atom. The van der Waals surface area contributed by atoms with E-state index in [1.54, 1.807) is 0 Å². The van der Waals surface area contributed by atoms with Crippen molar-refractivity contribution in [2.24, 2.45) is 0 Å². The van der Waals surface area contributed by atoms with Crippen LogP contribution in [0.3, 0.4) is 0 Å². The minimum Gasteiger partial charge on any atom is -0.377 e. The van der Waals surface area contributed by atoms with Crippen LogP contribution in [0.2, 0.25) is 0 Å². The van der Waals surface area contributed by atoms with Crippen LogP contribution in [0.15, 0.2) is 0 Å².